The summed E-state index contributed by atoms with van der Waals surface area (Å²) in [5.74, 6) is 0.248. The molecule has 1 aliphatic carbocycles. The molecule has 4 rings (SSSR count). The molecule has 1 aliphatic rings. The molecule has 0 atom stereocenters. The zero-order valence-corrected chi connectivity index (χ0v) is 20.3. The number of rotatable bonds is 9. The Morgan fingerprint density at radius 1 is 1.25 bits per heavy atom. The molecule has 6 nitrogen and oxygen atoms in total. The number of hydrogen-bond donors (Lipinski definition) is 0. The second-order valence-electron chi connectivity index (χ2n) is 7.92. The average molecular weight is 472 g/mol. The molecule has 2 aromatic heterocycles. The molecule has 170 valence electrons. The van der Waals surface area contributed by atoms with Crippen molar-refractivity contribution in [1.82, 2.24) is 14.5 Å². The zero-order chi connectivity index (χ0) is 22.5. The number of benzene rings is 1. The van der Waals surface area contributed by atoms with Crippen LogP contribution in [-0.4, -0.2) is 46.4 Å². The summed E-state index contributed by atoms with van der Waals surface area (Å²) in [4.78, 5) is 35.1. The molecular formula is C24H29N3O3S2. The van der Waals surface area contributed by atoms with E-state index >= 15 is 0 Å². The van der Waals surface area contributed by atoms with Crippen LogP contribution in [0, 0.1) is 0 Å². The van der Waals surface area contributed by atoms with Gasteiger partial charge in [-0.3, -0.25) is 14.2 Å². The van der Waals surface area contributed by atoms with E-state index in [2.05, 4.69) is 0 Å². The molecule has 0 bridgehead atoms. The van der Waals surface area contributed by atoms with E-state index in [-0.39, 0.29) is 17.2 Å². The van der Waals surface area contributed by atoms with Gasteiger partial charge < -0.3 is 9.64 Å². The Hall–Kier alpha value is -2.16. The van der Waals surface area contributed by atoms with Crippen molar-refractivity contribution in [2.24, 2.45) is 0 Å². The normalized spacial score (nSPS) is 13.3. The first-order chi connectivity index (χ1) is 15.6. The van der Waals surface area contributed by atoms with E-state index in [4.69, 9.17) is 9.72 Å². The lowest BCUT2D eigenvalue weighted by Crippen LogP contribution is -2.35. The van der Waals surface area contributed by atoms with Crippen LogP contribution >= 0.6 is 23.1 Å². The Bertz CT molecular complexity index is 1140. The van der Waals surface area contributed by atoms with Crippen molar-refractivity contribution >= 4 is 39.2 Å². The highest BCUT2D eigenvalue weighted by Crippen LogP contribution is 2.34. The molecule has 0 saturated heterocycles. The van der Waals surface area contributed by atoms with Crippen LogP contribution in [0.15, 0.2) is 40.3 Å². The fourth-order valence-corrected chi connectivity index (χ4v) is 6.39. The van der Waals surface area contributed by atoms with Gasteiger partial charge in [0.2, 0.25) is 5.91 Å². The van der Waals surface area contributed by atoms with Gasteiger partial charge in [0, 0.05) is 31.6 Å². The highest BCUT2D eigenvalue weighted by Gasteiger charge is 2.23. The summed E-state index contributed by atoms with van der Waals surface area (Å²) in [6, 6.07) is 9.95. The molecule has 0 saturated carbocycles. The fraction of sp³-hybridized carbons (Fsp3) is 0.458. The van der Waals surface area contributed by atoms with Crippen LogP contribution in [0.1, 0.15) is 35.8 Å². The zero-order valence-electron chi connectivity index (χ0n) is 18.6. The van der Waals surface area contributed by atoms with Crippen molar-refractivity contribution in [3.05, 3.63) is 56.7 Å². The molecule has 0 aliphatic heterocycles. The number of methoxy groups -OCH3 is 1. The maximum absolute atomic E-state index is 13.3. The third-order valence-electron chi connectivity index (χ3n) is 5.82. The lowest BCUT2D eigenvalue weighted by atomic mass is 9.97. The Kier molecular flexibility index (Phi) is 7.65. The van der Waals surface area contributed by atoms with E-state index in [1.165, 1.54) is 28.6 Å². The maximum atomic E-state index is 13.3. The van der Waals surface area contributed by atoms with Crippen molar-refractivity contribution < 1.29 is 9.53 Å². The molecule has 2 heterocycles. The summed E-state index contributed by atoms with van der Waals surface area (Å²) in [6.07, 6.45) is 4.32. The summed E-state index contributed by atoms with van der Waals surface area (Å²) < 4.78 is 6.93. The van der Waals surface area contributed by atoms with Gasteiger partial charge in [-0.05, 0) is 43.7 Å². The van der Waals surface area contributed by atoms with Gasteiger partial charge in [0.05, 0.1) is 17.7 Å². The molecule has 0 fully saturated rings. The molecule has 32 heavy (non-hydrogen) atoms. The SMILES string of the molecule is CCn1c(SCC(=O)N(CCOC)Cc2ccccc2)nc2sc3c(c2c1=O)CCCC3. The van der Waals surface area contributed by atoms with Gasteiger partial charge in [0.25, 0.3) is 5.56 Å². The largest absolute Gasteiger partial charge is 0.383 e. The van der Waals surface area contributed by atoms with Crippen LogP contribution in [0.4, 0.5) is 0 Å². The van der Waals surface area contributed by atoms with Crippen molar-refractivity contribution in [3.63, 3.8) is 0 Å². The summed E-state index contributed by atoms with van der Waals surface area (Å²) in [5, 5.41) is 1.43. The van der Waals surface area contributed by atoms with Crippen molar-refractivity contribution in [2.75, 3.05) is 26.0 Å². The van der Waals surface area contributed by atoms with Crippen LogP contribution in [-0.2, 0) is 35.5 Å². The fourth-order valence-electron chi connectivity index (χ4n) is 4.12. The number of thioether (sulfide) groups is 1. The second-order valence-corrected chi connectivity index (χ2v) is 9.94. The Morgan fingerprint density at radius 2 is 2.03 bits per heavy atom. The Labute approximate surface area is 196 Å². The number of ether oxygens (including phenoxy) is 1. The van der Waals surface area contributed by atoms with Gasteiger partial charge in [0.15, 0.2) is 5.16 Å². The Balaban J connectivity index is 1.55. The molecule has 0 unspecified atom stereocenters. The van der Waals surface area contributed by atoms with Crippen LogP contribution in [0.2, 0.25) is 0 Å². The van der Waals surface area contributed by atoms with Crippen LogP contribution in [0.5, 0.6) is 0 Å². The lowest BCUT2D eigenvalue weighted by molar-refractivity contribution is -0.129. The molecule has 8 heteroatoms. The number of fused-ring (bicyclic) bond motifs is 3. The van der Waals surface area contributed by atoms with E-state index in [9.17, 15) is 9.59 Å². The third kappa shape index (κ3) is 4.92. The van der Waals surface area contributed by atoms with Crippen LogP contribution in [0.25, 0.3) is 10.2 Å². The van der Waals surface area contributed by atoms with Crippen molar-refractivity contribution in [2.45, 2.75) is 50.9 Å². The minimum atomic E-state index is 0.0124. The number of hydrogen-bond acceptors (Lipinski definition) is 6. The molecule has 0 N–H and O–H groups in total. The predicted octanol–water partition coefficient (Wildman–Crippen LogP) is 4.12. The third-order valence-corrected chi connectivity index (χ3v) is 7.96. The molecule has 0 spiro atoms. The lowest BCUT2D eigenvalue weighted by Gasteiger charge is -2.22. The topological polar surface area (TPSA) is 64.4 Å². The maximum Gasteiger partial charge on any atom is 0.263 e. The van der Waals surface area contributed by atoms with Gasteiger partial charge in [-0.15, -0.1) is 11.3 Å². The number of nitrogens with zero attached hydrogens (tertiary/aromatic N) is 3. The predicted molar refractivity (Wildman–Crippen MR) is 131 cm³/mol. The number of aromatic nitrogens is 2. The van der Waals surface area contributed by atoms with Crippen LogP contribution < -0.4 is 5.56 Å². The number of carbonyl (C=O) groups is 1. The highest BCUT2D eigenvalue weighted by molar-refractivity contribution is 7.99. The quantitative estimate of drug-likeness (QED) is 0.347. The smallest absolute Gasteiger partial charge is 0.263 e. The first-order valence-electron chi connectivity index (χ1n) is 11.1. The van der Waals surface area contributed by atoms with Crippen LogP contribution in [0.3, 0.4) is 0 Å². The number of aryl methyl sites for hydroxylation is 2. The molecule has 1 aromatic carbocycles. The summed E-state index contributed by atoms with van der Waals surface area (Å²) in [7, 11) is 1.64. The molecular weight excluding hydrogens is 442 g/mol. The van der Waals surface area contributed by atoms with Gasteiger partial charge >= 0.3 is 0 Å². The van der Waals surface area contributed by atoms with Gasteiger partial charge in [-0.1, -0.05) is 42.1 Å². The summed E-state index contributed by atoms with van der Waals surface area (Å²) >= 11 is 3.00. The van der Waals surface area contributed by atoms with E-state index < -0.39 is 0 Å². The summed E-state index contributed by atoms with van der Waals surface area (Å²) in [5.41, 5.74) is 2.32. The average Bonchev–Trinajstić information content (AvgIpc) is 3.19. The van der Waals surface area contributed by atoms with Gasteiger partial charge in [-0.25, -0.2) is 4.98 Å². The van der Waals surface area contributed by atoms with E-state index in [0.29, 0.717) is 31.4 Å². The van der Waals surface area contributed by atoms with Crippen molar-refractivity contribution in [3.8, 4) is 0 Å². The number of carbonyl (C=O) groups excluding carboxylic acids is 1. The first kappa shape index (κ1) is 23.0. The van der Waals surface area contributed by atoms with Crippen molar-refractivity contribution in [1.29, 1.82) is 0 Å². The molecule has 1 amide bonds. The number of amides is 1. The molecule has 3 aromatic rings. The van der Waals surface area contributed by atoms with Gasteiger partial charge in [-0.2, -0.15) is 0 Å². The van der Waals surface area contributed by atoms with E-state index in [1.54, 1.807) is 23.0 Å². The van der Waals surface area contributed by atoms with Gasteiger partial charge in [0.1, 0.15) is 4.83 Å². The minimum absolute atomic E-state index is 0.0124. The summed E-state index contributed by atoms with van der Waals surface area (Å²) in [6.45, 7) is 4.04. The van der Waals surface area contributed by atoms with E-state index in [0.717, 1.165) is 35.0 Å². The molecule has 0 radical (unpaired) electrons. The first-order valence-corrected chi connectivity index (χ1v) is 12.9. The standard InChI is InChI=1S/C24H29N3O3S2/c1-3-27-23(29)21-18-11-7-8-12-19(18)32-22(21)25-24(27)31-16-20(28)26(13-14-30-2)15-17-9-5-4-6-10-17/h4-6,9-10H,3,7-8,11-16H2,1-2H3. The highest BCUT2D eigenvalue weighted by atomic mass is 32.2. The van der Waals surface area contributed by atoms with E-state index in [1.807, 2.05) is 42.2 Å². The second kappa shape index (κ2) is 10.6. The minimum Gasteiger partial charge on any atom is -0.383 e. The Morgan fingerprint density at radius 3 is 2.78 bits per heavy atom. The number of thiophene rings is 1. The monoisotopic (exact) mass is 471 g/mol.